The summed E-state index contributed by atoms with van der Waals surface area (Å²) in [5.74, 6) is 0.620. The van der Waals surface area contributed by atoms with E-state index in [1.54, 1.807) is 73.2 Å². The average Bonchev–Trinajstić information content (AvgIpc) is 3.32. The lowest BCUT2D eigenvalue weighted by Crippen LogP contribution is -2.16. The first-order chi connectivity index (χ1) is 14.0. The highest BCUT2D eigenvalue weighted by Gasteiger charge is 2.22. The van der Waals surface area contributed by atoms with Gasteiger partial charge in [0, 0.05) is 18.0 Å². The third-order valence-corrected chi connectivity index (χ3v) is 4.18. The van der Waals surface area contributed by atoms with E-state index >= 15 is 0 Å². The molecule has 29 heavy (non-hydrogen) atoms. The summed E-state index contributed by atoms with van der Waals surface area (Å²) in [6, 6.07) is 13.7. The maximum Gasteiger partial charge on any atom is 0.293 e. The summed E-state index contributed by atoms with van der Waals surface area (Å²) in [4.78, 5) is 29.8. The molecule has 3 heterocycles. The molecule has 9 nitrogen and oxygen atoms in total. The van der Waals surface area contributed by atoms with E-state index in [4.69, 9.17) is 9.26 Å². The van der Waals surface area contributed by atoms with Crippen molar-refractivity contribution < 1.29 is 18.8 Å². The van der Waals surface area contributed by atoms with Crippen LogP contribution in [0.1, 0.15) is 26.9 Å². The third kappa shape index (κ3) is 3.65. The van der Waals surface area contributed by atoms with Crippen molar-refractivity contribution >= 4 is 28.8 Å². The number of ether oxygens (including phenoxy) is 1. The van der Waals surface area contributed by atoms with E-state index < -0.39 is 11.8 Å². The van der Waals surface area contributed by atoms with Crippen LogP contribution in [0.2, 0.25) is 0 Å². The fourth-order valence-corrected chi connectivity index (χ4v) is 2.83. The van der Waals surface area contributed by atoms with E-state index in [0.717, 1.165) is 0 Å². The number of hydrogen-bond donors (Lipinski definition) is 2. The second kappa shape index (κ2) is 7.47. The second-order valence-corrected chi connectivity index (χ2v) is 6.20. The average molecular weight is 391 g/mol. The Bertz CT molecular complexity index is 1190. The van der Waals surface area contributed by atoms with E-state index in [9.17, 15) is 9.59 Å². The lowest BCUT2D eigenvalue weighted by atomic mass is 10.2. The summed E-state index contributed by atoms with van der Waals surface area (Å²) in [6.45, 7) is 1.72. The lowest BCUT2D eigenvalue weighted by Gasteiger charge is -2.05. The van der Waals surface area contributed by atoms with Gasteiger partial charge in [-0.15, -0.1) is 0 Å². The Morgan fingerprint density at radius 1 is 1.07 bits per heavy atom. The standard InChI is InChI=1S/C20H17N5O4/c1-12-11-16(24-29-12)22-20(27)18-23-17(15-5-3-4-10-25(15)18)19(26)21-13-6-8-14(28-2)9-7-13/h3-11H,1-2H3,(H,21,26)(H,22,24,27). The smallest absolute Gasteiger partial charge is 0.293 e. The third-order valence-electron chi connectivity index (χ3n) is 4.18. The van der Waals surface area contributed by atoms with Crippen LogP contribution >= 0.6 is 0 Å². The maximum atomic E-state index is 12.8. The lowest BCUT2D eigenvalue weighted by molar-refractivity contribution is 0.101. The quantitative estimate of drug-likeness (QED) is 0.541. The van der Waals surface area contributed by atoms with Gasteiger partial charge in [0.1, 0.15) is 11.5 Å². The van der Waals surface area contributed by atoms with E-state index in [1.165, 1.54) is 0 Å². The van der Waals surface area contributed by atoms with Crippen molar-refractivity contribution in [3.05, 3.63) is 72.0 Å². The van der Waals surface area contributed by atoms with Crippen molar-refractivity contribution in [3.63, 3.8) is 0 Å². The number of nitrogens with zero attached hydrogens (tertiary/aromatic N) is 3. The summed E-state index contributed by atoms with van der Waals surface area (Å²) in [5, 5.41) is 9.13. The first-order valence-electron chi connectivity index (χ1n) is 8.72. The predicted octanol–water partition coefficient (Wildman–Crippen LogP) is 3.14. The second-order valence-electron chi connectivity index (χ2n) is 6.20. The molecule has 0 bridgehead atoms. The fourth-order valence-electron chi connectivity index (χ4n) is 2.83. The molecule has 0 aliphatic rings. The predicted molar refractivity (Wildman–Crippen MR) is 105 cm³/mol. The number of anilines is 2. The van der Waals surface area contributed by atoms with Crippen LogP contribution in [0.25, 0.3) is 5.52 Å². The van der Waals surface area contributed by atoms with Crippen molar-refractivity contribution in [3.8, 4) is 5.75 Å². The van der Waals surface area contributed by atoms with Gasteiger partial charge < -0.3 is 19.9 Å². The highest BCUT2D eigenvalue weighted by Crippen LogP contribution is 2.19. The van der Waals surface area contributed by atoms with Gasteiger partial charge in [0.05, 0.1) is 12.6 Å². The Kier molecular flexibility index (Phi) is 4.70. The summed E-state index contributed by atoms with van der Waals surface area (Å²) in [7, 11) is 1.57. The van der Waals surface area contributed by atoms with Crippen LogP contribution in [0.15, 0.2) is 59.3 Å². The number of methoxy groups -OCH3 is 1. The molecule has 0 atom stereocenters. The number of aryl methyl sites for hydroxylation is 1. The number of carbonyl (C=O) groups is 2. The Balaban J connectivity index is 1.64. The number of pyridine rings is 1. The van der Waals surface area contributed by atoms with Crippen molar-refractivity contribution in [1.29, 1.82) is 0 Å². The molecule has 0 aliphatic heterocycles. The molecule has 0 saturated carbocycles. The van der Waals surface area contributed by atoms with Crippen LogP contribution < -0.4 is 15.4 Å². The van der Waals surface area contributed by atoms with Crippen LogP contribution in [0.5, 0.6) is 5.75 Å². The summed E-state index contributed by atoms with van der Waals surface area (Å²) >= 11 is 0. The molecule has 0 unspecified atom stereocenters. The van der Waals surface area contributed by atoms with Crippen molar-refractivity contribution in [2.75, 3.05) is 17.7 Å². The molecule has 0 radical (unpaired) electrons. The van der Waals surface area contributed by atoms with E-state index in [0.29, 0.717) is 22.7 Å². The number of aromatic nitrogens is 3. The zero-order valence-electron chi connectivity index (χ0n) is 15.7. The molecule has 4 aromatic rings. The van der Waals surface area contributed by atoms with Gasteiger partial charge >= 0.3 is 0 Å². The number of rotatable bonds is 5. The number of imidazole rings is 1. The Morgan fingerprint density at radius 3 is 2.55 bits per heavy atom. The molecule has 9 heteroatoms. The fraction of sp³-hybridized carbons (Fsp3) is 0.100. The maximum absolute atomic E-state index is 12.8. The monoisotopic (exact) mass is 391 g/mol. The summed E-state index contributed by atoms with van der Waals surface area (Å²) in [6.07, 6.45) is 1.66. The van der Waals surface area contributed by atoms with Gasteiger partial charge in [0.15, 0.2) is 11.5 Å². The van der Waals surface area contributed by atoms with Gasteiger partial charge in [-0.05, 0) is 43.3 Å². The molecule has 1 aromatic carbocycles. The largest absolute Gasteiger partial charge is 0.497 e. The summed E-state index contributed by atoms with van der Waals surface area (Å²) < 4.78 is 11.6. The van der Waals surface area contributed by atoms with Crippen LogP contribution in [0.3, 0.4) is 0 Å². The molecule has 0 aliphatic carbocycles. The molecule has 2 amide bonds. The van der Waals surface area contributed by atoms with Gasteiger partial charge in [0.2, 0.25) is 5.82 Å². The van der Waals surface area contributed by atoms with Gasteiger partial charge in [-0.3, -0.25) is 14.0 Å². The van der Waals surface area contributed by atoms with Crippen LogP contribution in [-0.2, 0) is 0 Å². The first-order valence-corrected chi connectivity index (χ1v) is 8.72. The zero-order valence-corrected chi connectivity index (χ0v) is 15.7. The van der Waals surface area contributed by atoms with E-state index in [-0.39, 0.29) is 17.3 Å². The van der Waals surface area contributed by atoms with Crippen LogP contribution in [0.4, 0.5) is 11.5 Å². The first kappa shape index (κ1) is 18.2. The molecule has 2 N–H and O–H groups in total. The highest BCUT2D eigenvalue weighted by molar-refractivity contribution is 6.10. The highest BCUT2D eigenvalue weighted by atomic mass is 16.5. The molecular weight excluding hydrogens is 374 g/mol. The van der Waals surface area contributed by atoms with Gasteiger partial charge in [-0.25, -0.2) is 4.98 Å². The van der Waals surface area contributed by atoms with Gasteiger partial charge in [-0.1, -0.05) is 11.2 Å². The van der Waals surface area contributed by atoms with Crippen LogP contribution in [0, 0.1) is 6.92 Å². The molecule has 0 spiro atoms. The Hall–Kier alpha value is -4.14. The number of amides is 2. The normalized spacial score (nSPS) is 10.7. The van der Waals surface area contributed by atoms with Crippen molar-refractivity contribution in [1.82, 2.24) is 14.5 Å². The minimum Gasteiger partial charge on any atom is -0.497 e. The van der Waals surface area contributed by atoms with Gasteiger partial charge in [0.25, 0.3) is 11.8 Å². The van der Waals surface area contributed by atoms with Crippen LogP contribution in [-0.4, -0.2) is 33.5 Å². The molecule has 0 saturated heterocycles. The SMILES string of the molecule is COc1ccc(NC(=O)c2nc(C(=O)Nc3cc(C)on3)n3ccccc23)cc1. The number of nitrogens with one attached hydrogen (secondary N) is 2. The number of benzene rings is 1. The van der Waals surface area contributed by atoms with Gasteiger partial charge in [-0.2, -0.15) is 0 Å². The van der Waals surface area contributed by atoms with E-state index in [1.807, 2.05) is 0 Å². The van der Waals surface area contributed by atoms with Crippen molar-refractivity contribution in [2.24, 2.45) is 0 Å². The molecule has 146 valence electrons. The molecule has 3 aromatic heterocycles. The molecule has 4 rings (SSSR count). The number of fused-ring (bicyclic) bond motifs is 1. The van der Waals surface area contributed by atoms with Crippen molar-refractivity contribution in [2.45, 2.75) is 6.92 Å². The zero-order chi connectivity index (χ0) is 20.4. The summed E-state index contributed by atoms with van der Waals surface area (Å²) in [5.41, 5.74) is 1.21. The minimum atomic E-state index is -0.511. The Morgan fingerprint density at radius 2 is 1.86 bits per heavy atom. The number of hydrogen-bond acceptors (Lipinski definition) is 6. The topological polar surface area (TPSA) is 111 Å². The van der Waals surface area contributed by atoms with E-state index in [2.05, 4.69) is 20.8 Å². The Labute approximate surface area is 165 Å². The minimum absolute atomic E-state index is 0.0566. The molecule has 0 fully saturated rings. The molecular formula is C20H17N5O4. The number of carbonyl (C=O) groups excluding carboxylic acids is 2.